The molecule has 0 heterocycles. The predicted molar refractivity (Wildman–Crippen MR) is 78.2 cm³/mol. The third-order valence-electron chi connectivity index (χ3n) is 2.90. The molecule has 0 fully saturated rings. The molecule has 0 aliphatic carbocycles. The summed E-state index contributed by atoms with van der Waals surface area (Å²) in [6, 6.07) is 10.8. The van der Waals surface area contributed by atoms with Crippen molar-refractivity contribution < 1.29 is 0 Å². The molecule has 0 saturated heterocycles. The van der Waals surface area contributed by atoms with Gasteiger partial charge in [0.2, 0.25) is 0 Å². The van der Waals surface area contributed by atoms with Crippen molar-refractivity contribution in [3.63, 3.8) is 0 Å². The van der Waals surface area contributed by atoms with Crippen LogP contribution in [0.1, 0.15) is 26.3 Å². The molecule has 0 saturated carbocycles. The third-order valence-corrected chi connectivity index (χ3v) is 3.16. The molecule has 0 aliphatic rings. The zero-order chi connectivity index (χ0) is 12.7. The van der Waals surface area contributed by atoms with Gasteiger partial charge in [-0.05, 0) is 37.0 Å². The van der Waals surface area contributed by atoms with Gasteiger partial charge in [-0.15, -0.1) is 0 Å². The van der Waals surface area contributed by atoms with Gasteiger partial charge in [-0.3, -0.25) is 0 Å². The lowest BCUT2D eigenvalue weighted by atomic mass is 10.1. The Morgan fingerprint density at radius 2 is 1.82 bits per heavy atom. The van der Waals surface area contributed by atoms with Crippen LogP contribution in [-0.2, 0) is 6.42 Å². The molecule has 0 amide bonds. The van der Waals surface area contributed by atoms with E-state index in [1.54, 1.807) is 0 Å². The molecule has 1 unspecified atom stereocenters. The quantitative estimate of drug-likeness (QED) is 0.786. The van der Waals surface area contributed by atoms with Crippen LogP contribution in [0.4, 0.5) is 0 Å². The molecule has 3 heteroatoms. The minimum Gasteiger partial charge on any atom is -0.362 e. The second-order valence-electron chi connectivity index (χ2n) is 4.67. The molecule has 94 valence electrons. The zero-order valence-corrected chi connectivity index (χ0v) is 11.7. The first-order chi connectivity index (χ1) is 8.09. The molecule has 2 N–H and O–H groups in total. The molecule has 0 aliphatic heterocycles. The summed E-state index contributed by atoms with van der Waals surface area (Å²) in [5.74, 6) is 0.587. The summed E-state index contributed by atoms with van der Waals surface area (Å²) in [6.07, 6.45) is 0.999. The molecule has 1 aromatic rings. The lowest BCUT2D eigenvalue weighted by Crippen LogP contribution is -2.43. The molecular formula is C14H22N2S. The molecule has 0 bridgehead atoms. The minimum atomic E-state index is 0.409. The summed E-state index contributed by atoms with van der Waals surface area (Å²) in [7, 11) is 0. The zero-order valence-electron chi connectivity index (χ0n) is 10.9. The maximum absolute atomic E-state index is 5.24. The van der Waals surface area contributed by atoms with E-state index in [9.17, 15) is 0 Å². The molecule has 2 nitrogen and oxygen atoms in total. The molecule has 1 atom stereocenters. The van der Waals surface area contributed by atoms with Gasteiger partial charge in [0.25, 0.3) is 0 Å². The van der Waals surface area contributed by atoms with Gasteiger partial charge in [-0.2, -0.15) is 0 Å². The van der Waals surface area contributed by atoms with Crippen molar-refractivity contribution >= 4 is 17.3 Å². The Kier molecular flexibility index (Phi) is 5.98. The fourth-order valence-corrected chi connectivity index (χ4v) is 1.68. The van der Waals surface area contributed by atoms with E-state index in [2.05, 4.69) is 55.7 Å². The lowest BCUT2D eigenvalue weighted by Gasteiger charge is -2.19. The van der Waals surface area contributed by atoms with Crippen LogP contribution in [0.15, 0.2) is 30.3 Å². The number of rotatable bonds is 5. The monoisotopic (exact) mass is 250 g/mol. The van der Waals surface area contributed by atoms with Crippen molar-refractivity contribution in [2.75, 3.05) is 6.54 Å². The summed E-state index contributed by atoms with van der Waals surface area (Å²) < 4.78 is 0. The van der Waals surface area contributed by atoms with Crippen LogP contribution in [0.5, 0.6) is 0 Å². The van der Waals surface area contributed by atoms with Gasteiger partial charge < -0.3 is 10.6 Å². The fraction of sp³-hybridized carbons (Fsp3) is 0.500. The topological polar surface area (TPSA) is 24.1 Å². The first-order valence-corrected chi connectivity index (χ1v) is 6.58. The number of benzene rings is 1. The molecule has 0 aromatic heterocycles. The minimum absolute atomic E-state index is 0.409. The summed E-state index contributed by atoms with van der Waals surface area (Å²) in [5, 5.41) is 7.28. The van der Waals surface area contributed by atoms with Crippen molar-refractivity contribution in [3.05, 3.63) is 35.9 Å². The average molecular weight is 250 g/mol. The van der Waals surface area contributed by atoms with Gasteiger partial charge in [0.1, 0.15) is 0 Å². The summed E-state index contributed by atoms with van der Waals surface area (Å²) >= 11 is 5.24. The molecular weight excluding hydrogens is 228 g/mol. The normalized spacial score (nSPS) is 12.2. The largest absolute Gasteiger partial charge is 0.362 e. The maximum Gasteiger partial charge on any atom is 0.166 e. The van der Waals surface area contributed by atoms with Gasteiger partial charge in [-0.1, -0.05) is 44.2 Å². The first-order valence-electron chi connectivity index (χ1n) is 6.18. The van der Waals surface area contributed by atoms with E-state index in [0.717, 1.165) is 18.1 Å². The summed E-state index contributed by atoms with van der Waals surface area (Å²) in [4.78, 5) is 0. The predicted octanol–water partition coefficient (Wildman–Crippen LogP) is 2.74. The van der Waals surface area contributed by atoms with Crippen LogP contribution < -0.4 is 10.6 Å². The second kappa shape index (κ2) is 7.28. The van der Waals surface area contributed by atoms with Crippen LogP contribution in [0.3, 0.4) is 0 Å². The highest BCUT2D eigenvalue weighted by molar-refractivity contribution is 7.80. The number of hydrogen-bond acceptors (Lipinski definition) is 1. The van der Waals surface area contributed by atoms with E-state index in [1.165, 1.54) is 5.56 Å². The standard InChI is InChI=1S/C14H22N2S/c1-11(2)12(3)16-14(17)15-10-9-13-7-5-4-6-8-13/h4-8,11-12H,9-10H2,1-3H3,(H2,15,16,17). The van der Waals surface area contributed by atoms with Crippen molar-refractivity contribution in [2.24, 2.45) is 5.92 Å². The van der Waals surface area contributed by atoms with Crippen LogP contribution >= 0.6 is 12.2 Å². The van der Waals surface area contributed by atoms with Crippen LogP contribution in [0.2, 0.25) is 0 Å². The number of thiocarbonyl (C=S) groups is 1. The van der Waals surface area contributed by atoms with Gasteiger partial charge in [0.05, 0.1) is 0 Å². The van der Waals surface area contributed by atoms with E-state index in [4.69, 9.17) is 12.2 Å². The SMILES string of the molecule is CC(C)C(C)NC(=S)NCCc1ccccc1. The smallest absolute Gasteiger partial charge is 0.166 e. The van der Waals surface area contributed by atoms with Crippen LogP contribution in [0.25, 0.3) is 0 Å². The highest BCUT2D eigenvalue weighted by Crippen LogP contribution is 2.00. The first kappa shape index (κ1) is 14.0. The van der Waals surface area contributed by atoms with Crippen molar-refractivity contribution in [1.29, 1.82) is 0 Å². The third kappa shape index (κ3) is 5.68. The Morgan fingerprint density at radius 1 is 1.18 bits per heavy atom. The number of nitrogens with one attached hydrogen (secondary N) is 2. The van der Waals surface area contributed by atoms with Gasteiger partial charge in [0.15, 0.2) is 5.11 Å². The van der Waals surface area contributed by atoms with Gasteiger partial charge in [0, 0.05) is 12.6 Å². The van der Waals surface area contributed by atoms with Crippen molar-refractivity contribution in [2.45, 2.75) is 33.2 Å². The Bertz CT molecular complexity index is 335. The Labute approximate surface area is 110 Å². The molecule has 1 aromatic carbocycles. The van der Waals surface area contributed by atoms with E-state index in [-0.39, 0.29) is 0 Å². The van der Waals surface area contributed by atoms with E-state index >= 15 is 0 Å². The lowest BCUT2D eigenvalue weighted by molar-refractivity contribution is 0.484. The van der Waals surface area contributed by atoms with Crippen LogP contribution in [-0.4, -0.2) is 17.7 Å². The van der Waals surface area contributed by atoms with E-state index < -0.39 is 0 Å². The molecule has 1 rings (SSSR count). The second-order valence-corrected chi connectivity index (χ2v) is 5.08. The van der Waals surface area contributed by atoms with E-state index in [1.807, 2.05) is 6.07 Å². The highest BCUT2D eigenvalue weighted by atomic mass is 32.1. The Morgan fingerprint density at radius 3 is 2.41 bits per heavy atom. The average Bonchev–Trinajstić information content (AvgIpc) is 2.30. The molecule has 0 radical (unpaired) electrons. The highest BCUT2D eigenvalue weighted by Gasteiger charge is 2.07. The Balaban J connectivity index is 2.21. The summed E-state index contributed by atoms with van der Waals surface area (Å²) in [6.45, 7) is 7.39. The van der Waals surface area contributed by atoms with E-state index in [0.29, 0.717) is 12.0 Å². The molecule has 17 heavy (non-hydrogen) atoms. The maximum atomic E-state index is 5.24. The van der Waals surface area contributed by atoms with Crippen LogP contribution in [0, 0.1) is 5.92 Å². The molecule has 0 spiro atoms. The Hall–Kier alpha value is -1.09. The fourth-order valence-electron chi connectivity index (χ4n) is 1.39. The van der Waals surface area contributed by atoms with Gasteiger partial charge >= 0.3 is 0 Å². The van der Waals surface area contributed by atoms with Gasteiger partial charge in [-0.25, -0.2) is 0 Å². The van der Waals surface area contributed by atoms with Crippen molar-refractivity contribution in [3.8, 4) is 0 Å². The number of hydrogen-bond donors (Lipinski definition) is 2. The van der Waals surface area contributed by atoms with Crippen molar-refractivity contribution in [1.82, 2.24) is 10.6 Å². The summed E-state index contributed by atoms with van der Waals surface area (Å²) in [5.41, 5.74) is 1.33.